The van der Waals surface area contributed by atoms with Crippen LogP contribution in [0.5, 0.6) is 0 Å². The predicted octanol–water partition coefficient (Wildman–Crippen LogP) is -1.03. The summed E-state index contributed by atoms with van der Waals surface area (Å²) in [6.45, 7) is 0.746. The summed E-state index contributed by atoms with van der Waals surface area (Å²) >= 11 is 0. The topological polar surface area (TPSA) is 154 Å². The highest BCUT2D eigenvalue weighted by atomic mass is 16.4. The van der Waals surface area contributed by atoms with Crippen molar-refractivity contribution in [3.63, 3.8) is 0 Å². The van der Waals surface area contributed by atoms with E-state index in [4.69, 9.17) is 25.4 Å². The highest BCUT2D eigenvalue weighted by Crippen LogP contribution is 2.33. The van der Waals surface area contributed by atoms with Gasteiger partial charge in [-0.15, -0.1) is 0 Å². The van der Waals surface area contributed by atoms with E-state index in [-0.39, 0.29) is 24.9 Å². The van der Waals surface area contributed by atoms with Gasteiger partial charge in [-0.3, -0.25) is 9.78 Å². The van der Waals surface area contributed by atoms with E-state index in [0.29, 0.717) is 19.4 Å². The molecule has 1 fully saturated rings. The molecule has 10 heteroatoms. The van der Waals surface area contributed by atoms with Crippen LogP contribution < -0.4 is 10.6 Å². The van der Waals surface area contributed by atoms with E-state index in [1.165, 1.54) is 0 Å². The molecule has 0 saturated carbocycles. The third kappa shape index (κ3) is 5.14. The molecule has 0 aromatic carbocycles. The van der Waals surface area contributed by atoms with Crippen LogP contribution in [0.2, 0.25) is 6.32 Å². The van der Waals surface area contributed by atoms with Crippen LogP contribution >= 0.6 is 0 Å². The molecule has 1 aliphatic rings. The molecule has 1 saturated heterocycles. The molecule has 1 aliphatic heterocycles. The van der Waals surface area contributed by atoms with Gasteiger partial charge in [0.1, 0.15) is 5.54 Å². The fourth-order valence-corrected chi connectivity index (χ4v) is 2.81. The molecule has 0 unspecified atom stereocenters. The molecule has 9 nitrogen and oxygen atoms in total. The second kappa shape index (κ2) is 9.14. The zero-order valence-electron chi connectivity index (χ0n) is 13.0. The van der Waals surface area contributed by atoms with Gasteiger partial charge in [0.05, 0.1) is 11.9 Å². The van der Waals surface area contributed by atoms with Crippen LogP contribution in [0.4, 0.5) is 5.69 Å². The number of carboxylic acids is 1. The Labute approximate surface area is 139 Å². The minimum absolute atomic E-state index is 0.221. The highest BCUT2D eigenvalue weighted by Gasteiger charge is 2.49. The van der Waals surface area contributed by atoms with Crippen molar-refractivity contribution in [2.45, 2.75) is 24.7 Å². The molecule has 1 aromatic heterocycles. The van der Waals surface area contributed by atoms with Gasteiger partial charge in [0.15, 0.2) is 0 Å². The van der Waals surface area contributed by atoms with E-state index in [1.54, 1.807) is 18.5 Å². The van der Waals surface area contributed by atoms with E-state index in [9.17, 15) is 9.90 Å². The van der Waals surface area contributed by atoms with Crippen LogP contribution in [0.15, 0.2) is 24.5 Å². The largest absolute Gasteiger partial charge is 0.480 e. The van der Waals surface area contributed by atoms with E-state index < -0.39 is 18.6 Å². The van der Waals surface area contributed by atoms with Crippen molar-refractivity contribution in [3.8, 4) is 0 Å². The zero-order valence-corrected chi connectivity index (χ0v) is 13.0. The summed E-state index contributed by atoms with van der Waals surface area (Å²) in [5.74, 6) is -1.27. The minimum Gasteiger partial charge on any atom is -0.480 e. The summed E-state index contributed by atoms with van der Waals surface area (Å²) in [4.78, 5) is 33.7. The van der Waals surface area contributed by atoms with Crippen LogP contribution in [-0.4, -0.2) is 58.0 Å². The van der Waals surface area contributed by atoms with Crippen LogP contribution in [0, 0.1) is 5.92 Å². The van der Waals surface area contributed by atoms with E-state index >= 15 is 0 Å². The van der Waals surface area contributed by atoms with Crippen LogP contribution in [0.1, 0.15) is 12.8 Å². The lowest BCUT2D eigenvalue weighted by molar-refractivity contribution is -0.191. The third-order valence-corrected chi connectivity index (χ3v) is 4.05. The lowest BCUT2D eigenvalue weighted by Gasteiger charge is -2.25. The monoisotopic (exact) mass is 337 g/mol. The highest BCUT2D eigenvalue weighted by molar-refractivity contribution is 6.40. The number of nitrogens with two attached hydrogens (primary N) is 1. The van der Waals surface area contributed by atoms with Gasteiger partial charge < -0.3 is 25.8 Å². The first-order valence-electron chi connectivity index (χ1n) is 7.37. The number of hydrogen-bond acceptors (Lipinski definition) is 8. The van der Waals surface area contributed by atoms with Gasteiger partial charge in [-0.1, -0.05) is 6.42 Å². The summed E-state index contributed by atoms with van der Waals surface area (Å²) < 4.78 is 0. The number of pyridine rings is 1. The summed E-state index contributed by atoms with van der Waals surface area (Å²) in [7, 11) is -1.36. The van der Waals surface area contributed by atoms with Crippen molar-refractivity contribution < 1.29 is 29.5 Å². The number of carbonyl (C=O) groups excluding carboxylic acids is 2. The number of aliphatic carboxylic acids is 1. The fraction of sp³-hybridized carbons (Fsp3) is 0.500. The summed E-state index contributed by atoms with van der Waals surface area (Å²) in [5.41, 5.74) is 5.63. The Balaban J connectivity index is 0.000000891. The molecule has 0 spiro atoms. The van der Waals surface area contributed by atoms with Gasteiger partial charge in [0.2, 0.25) is 0 Å². The maximum atomic E-state index is 11.5. The molecule has 24 heavy (non-hydrogen) atoms. The predicted molar refractivity (Wildman–Crippen MR) is 83.7 cm³/mol. The molecule has 2 heterocycles. The number of anilines is 1. The summed E-state index contributed by atoms with van der Waals surface area (Å²) in [5, 5.41) is 27.2. The number of carboxylic acid groups (broad SMARTS) is 1. The molecule has 2 atom stereocenters. The number of hydrogen-bond donors (Lipinski definition) is 4. The molecule has 0 aliphatic carbocycles. The second-order valence-electron chi connectivity index (χ2n) is 5.63. The molecule has 1 aromatic rings. The van der Waals surface area contributed by atoms with E-state index in [2.05, 4.69) is 4.98 Å². The van der Waals surface area contributed by atoms with E-state index in [0.717, 1.165) is 5.69 Å². The number of aromatic nitrogens is 1. The number of nitrogens with zero attached hydrogens (tertiary/aromatic N) is 2. The number of carbonyl (C=O) groups is 1. The Morgan fingerprint density at radius 2 is 2.17 bits per heavy atom. The van der Waals surface area contributed by atoms with Crippen LogP contribution in [0.25, 0.3) is 0 Å². The molecule has 2 rings (SSSR count). The number of rotatable bonds is 6. The smallest absolute Gasteiger partial charge is 0.451 e. The quantitative estimate of drug-likeness (QED) is 0.477. The second-order valence-corrected chi connectivity index (χ2v) is 5.63. The van der Waals surface area contributed by atoms with Crippen LogP contribution in [0.3, 0.4) is 0 Å². The standard InChI is InChI=1S/C13H20BN3O4.CO2/c15-13(12(18)19)9-17(11-4-2-6-16-7-11)8-10(13)3-1-5-14(20)21;2-1-3/h2,4,6-7,10,20-21H,1,3,5,8-9,15H2,(H,18,19);/t10-,13-;/m0./s1. The van der Waals surface area contributed by atoms with Gasteiger partial charge in [0, 0.05) is 25.2 Å². The fourth-order valence-electron chi connectivity index (χ4n) is 2.81. The maximum absolute atomic E-state index is 11.5. The Morgan fingerprint density at radius 3 is 2.67 bits per heavy atom. The van der Waals surface area contributed by atoms with Crippen molar-refractivity contribution in [2.24, 2.45) is 11.7 Å². The van der Waals surface area contributed by atoms with Gasteiger partial charge >= 0.3 is 19.2 Å². The van der Waals surface area contributed by atoms with E-state index in [1.807, 2.05) is 11.0 Å². The van der Waals surface area contributed by atoms with Gasteiger partial charge in [0.25, 0.3) is 0 Å². The molecular weight excluding hydrogens is 317 g/mol. The van der Waals surface area contributed by atoms with Gasteiger partial charge in [-0.2, -0.15) is 9.59 Å². The van der Waals surface area contributed by atoms with Gasteiger partial charge in [-0.25, -0.2) is 0 Å². The molecule has 130 valence electrons. The third-order valence-electron chi connectivity index (χ3n) is 4.05. The zero-order chi connectivity index (χ0) is 18.2. The average Bonchev–Trinajstić information content (AvgIpc) is 2.87. The van der Waals surface area contributed by atoms with Crippen molar-refractivity contribution in [3.05, 3.63) is 24.5 Å². The maximum Gasteiger partial charge on any atom is 0.451 e. The van der Waals surface area contributed by atoms with Crippen LogP contribution in [-0.2, 0) is 14.4 Å². The first-order valence-corrected chi connectivity index (χ1v) is 7.37. The first-order chi connectivity index (χ1) is 11.3. The lowest BCUT2D eigenvalue weighted by atomic mass is 9.78. The SMILES string of the molecule is N[C@@]1(C(=O)O)CN(c2cccnc2)C[C@@H]1CCCB(O)O.O=C=O. The molecule has 0 bridgehead atoms. The minimum atomic E-state index is -1.36. The van der Waals surface area contributed by atoms with Crippen molar-refractivity contribution in [2.75, 3.05) is 18.0 Å². The lowest BCUT2D eigenvalue weighted by Crippen LogP contribution is -2.54. The van der Waals surface area contributed by atoms with Crippen molar-refractivity contribution in [1.82, 2.24) is 4.98 Å². The Morgan fingerprint density at radius 1 is 1.50 bits per heavy atom. The van der Waals surface area contributed by atoms with Gasteiger partial charge in [-0.05, 0) is 24.9 Å². The normalized spacial score (nSPS) is 22.3. The summed E-state index contributed by atoms with van der Waals surface area (Å²) in [6.07, 6.45) is 4.88. The Hall–Kier alpha value is -2.26. The Kier molecular flexibility index (Phi) is 7.54. The molecule has 0 radical (unpaired) electrons. The first kappa shape index (κ1) is 19.8. The average molecular weight is 337 g/mol. The Bertz CT molecular complexity index is 567. The molecular formula is C14H20BN3O6. The molecule has 5 N–H and O–H groups in total. The van der Waals surface area contributed by atoms with Crippen molar-refractivity contribution in [1.29, 1.82) is 0 Å². The summed E-state index contributed by atoms with van der Waals surface area (Å²) in [6, 6.07) is 3.67. The molecule has 0 amide bonds. The van der Waals surface area contributed by atoms with Crippen molar-refractivity contribution >= 4 is 24.9 Å².